The van der Waals surface area contributed by atoms with E-state index in [4.69, 9.17) is 0 Å². The third kappa shape index (κ3) is 6.75. The van der Waals surface area contributed by atoms with Gasteiger partial charge in [0.1, 0.15) is 11.8 Å². The molecule has 0 radical (unpaired) electrons. The fraction of sp³-hybridized carbons (Fsp3) is 0.351. The fourth-order valence-corrected chi connectivity index (χ4v) is 8.72. The molecule has 4 bridgehead atoms. The largest absolute Gasteiger partial charge is 0.508 e. The highest BCUT2D eigenvalue weighted by Crippen LogP contribution is 2.59. The van der Waals surface area contributed by atoms with Gasteiger partial charge in [-0.15, -0.1) is 0 Å². The van der Waals surface area contributed by atoms with E-state index in [1.165, 1.54) is 43.8 Å². The van der Waals surface area contributed by atoms with Gasteiger partial charge in [0.15, 0.2) is 0 Å². The Kier molecular flexibility index (Phi) is 8.50. The molecule has 50 heavy (non-hydrogen) atoms. The zero-order chi connectivity index (χ0) is 35.2. The van der Waals surface area contributed by atoms with Gasteiger partial charge in [-0.3, -0.25) is 14.4 Å². The molecule has 1 heterocycles. The summed E-state index contributed by atoms with van der Waals surface area (Å²) < 4.78 is 0. The molecule has 0 aliphatic heterocycles. The number of nitrogens with one attached hydrogen (secondary N) is 4. The summed E-state index contributed by atoms with van der Waals surface area (Å²) in [5.74, 6) is -2.55. The molecule has 4 aliphatic carbocycles. The lowest BCUT2D eigenvalue weighted by atomic mass is 9.49. The normalized spacial score (nSPS) is 22.5. The van der Waals surface area contributed by atoms with Gasteiger partial charge in [-0.2, -0.15) is 0 Å². The van der Waals surface area contributed by atoms with E-state index in [1.807, 2.05) is 0 Å². The number of phenolic OH excluding ortho intramolecular Hbond substituents is 1. The average molecular weight is 680 g/mol. The van der Waals surface area contributed by atoms with Crippen molar-refractivity contribution in [2.24, 2.45) is 23.2 Å². The van der Waals surface area contributed by atoms with Crippen molar-refractivity contribution in [1.82, 2.24) is 20.6 Å². The maximum Gasteiger partial charge on any atom is 0.335 e. The van der Waals surface area contributed by atoms with Crippen molar-refractivity contribution in [3.8, 4) is 5.75 Å². The molecule has 3 aromatic carbocycles. The second-order valence-electron chi connectivity index (χ2n) is 14.2. The number of aromatic amines is 1. The molecule has 4 aliphatic rings. The van der Waals surface area contributed by atoms with Crippen LogP contribution in [-0.2, 0) is 11.2 Å². The summed E-state index contributed by atoms with van der Waals surface area (Å²) >= 11 is 0. The zero-order valence-corrected chi connectivity index (χ0v) is 27.1. The molecule has 4 saturated carbocycles. The second-order valence-corrected chi connectivity index (χ2v) is 14.2. The number of imidazole rings is 1. The molecule has 1 atom stereocenters. The van der Waals surface area contributed by atoms with Crippen LogP contribution in [0.15, 0.2) is 60.9 Å². The summed E-state index contributed by atoms with van der Waals surface area (Å²) in [6, 6.07) is 11.0. The van der Waals surface area contributed by atoms with E-state index in [-0.39, 0.29) is 45.5 Å². The topological polar surface area (TPSA) is 211 Å². The molecule has 0 saturated heterocycles. The summed E-state index contributed by atoms with van der Waals surface area (Å²) in [5, 5.41) is 37.2. The number of rotatable bonds is 11. The highest BCUT2D eigenvalue weighted by Gasteiger charge is 2.50. The minimum atomic E-state index is -1.39. The molecule has 4 aromatic rings. The SMILES string of the molecule is O=C(O)c1cc(NC(=O)[C@H](Cc2ccc(O)cc2)NC(=O)c2cc3nc[nH]c3cc2C(=O)NCC23CC4CC(CC(C4)C2)C3)cc(C(=O)O)c1. The van der Waals surface area contributed by atoms with Gasteiger partial charge in [0, 0.05) is 18.7 Å². The van der Waals surface area contributed by atoms with Crippen molar-refractivity contribution in [3.05, 3.63) is 88.7 Å². The lowest BCUT2D eigenvalue weighted by Crippen LogP contribution is -2.51. The molecule has 8 rings (SSSR count). The predicted octanol–water partition coefficient (Wildman–Crippen LogP) is 4.59. The molecular weight excluding hydrogens is 642 g/mol. The van der Waals surface area contributed by atoms with Crippen molar-refractivity contribution in [2.75, 3.05) is 11.9 Å². The maximum absolute atomic E-state index is 14.1. The van der Waals surface area contributed by atoms with Crippen molar-refractivity contribution in [1.29, 1.82) is 0 Å². The number of aromatic hydroxyl groups is 1. The molecule has 4 fully saturated rings. The van der Waals surface area contributed by atoms with E-state index in [0.29, 0.717) is 40.9 Å². The first-order valence-corrected chi connectivity index (χ1v) is 16.7. The third-order valence-electron chi connectivity index (χ3n) is 10.5. The predicted molar refractivity (Wildman–Crippen MR) is 181 cm³/mol. The Bertz CT molecular complexity index is 1950. The van der Waals surface area contributed by atoms with Crippen LogP contribution >= 0.6 is 0 Å². The number of carbonyl (C=O) groups excluding carboxylic acids is 3. The van der Waals surface area contributed by atoms with Crippen molar-refractivity contribution < 1.29 is 39.3 Å². The maximum atomic E-state index is 14.1. The number of anilines is 1. The number of H-pyrrole nitrogens is 1. The second kappa shape index (κ2) is 13.0. The number of hydrogen-bond acceptors (Lipinski definition) is 7. The van der Waals surface area contributed by atoms with Gasteiger partial charge in [-0.05, 0) is 110 Å². The Hall–Kier alpha value is -5.72. The number of benzene rings is 3. The van der Waals surface area contributed by atoms with Gasteiger partial charge in [-0.25, -0.2) is 14.6 Å². The average Bonchev–Trinajstić information content (AvgIpc) is 3.54. The van der Waals surface area contributed by atoms with Crippen LogP contribution in [0.2, 0.25) is 0 Å². The molecule has 3 amide bonds. The van der Waals surface area contributed by atoms with Crippen LogP contribution in [0.1, 0.15) is 85.5 Å². The van der Waals surface area contributed by atoms with Gasteiger partial charge in [-0.1, -0.05) is 12.1 Å². The van der Waals surface area contributed by atoms with Crippen molar-refractivity contribution in [3.63, 3.8) is 0 Å². The van der Waals surface area contributed by atoms with E-state index in [0.717, 1.165) is 37.5 Å². The van der Waals surface area contributed by atoms with Gasteiger partial charge in [0.25, 0.3) is 11.8 Å². The highest BCUT2D eigenvalue weighted by molar-refractivity contribution is 6.11. The smallest absolute Gasteiger partial charge is 0.335 e. The number of phenols is 1. The first-order valence-electron chi connectivity index (χ1n) is 16.7. The van der Waals surface area contributed by atoms with Crippen LogP contribution in [0, 0.1) is 23.2 Å². The van der Waals surface area contributed by atoms with Gasteiger partial charge in [0.2, 0.25) is 5.91 Å². The van der Waals surface area contributed by atoms with Gasteiger partial charge >= 0.3 is 11.9 Å². The first kappa shape index (κ1) is 32.8. The molecule has 13 nitrogen and oxygen atoms in total. The van der Waals surface area contributed by atoms with Crippen LogP contribution in [-0.4, -0.2) is 67.5 Å². The number of aromatic nitrogens is 2. The number of carboxylic acids is 2. The van der Waals surface area contributed by atoms with E-state index < -0.39 is 35.7 Å². The van der Waals surface area contributed by atoms with Crippen LogP contribution in [0.5, 0.6) is 5.75 Å². The summed E-state index contributed by atoms with van der Waals surface area (Å²) in [6.45, 7) is 0.525. The number of hydrogen-bond donors (Lipinski definition) is 7. The molecule has 13 heteroatoms. The van der Waals surface area contributed by atoms with E-state index in [1.54, 1.807) is 18.2 Å². The Labute approximate surface area is 286 Å². The van der Waals surface area contributed by atoms with E-state index in [9.17, 15) is 39.3 Å². The molecule has 0 unspecified atom stereocenters. The van der Waals surface area contributed by atoms with Gasteiger partial charge < -0.3 is 36.3 Å². The number of fused-ring (bicyclic) bond motifs is 1. The van der Waals surface area contributed by atoms with Crippen LogP contribution < -0.4 is 16.0 Å². The lowest BCUT2D eigenvalue weighted by molar-refractivity contribution is -0.118. The van der Waals surface area contributed by atoms with Gasteiger partial charge in [0.05, 0.1) is 39.6 Å². The quantitative estimate of drug-likeness (QED) is 0.118. The number of carbonyl (C=O) groups is 5. The Balaban J connectivity index is 1.15. The van der Waals surface area contributed by atoms with Crippen LogP contribution in [0.25, 0.3) is 11.0 Å². The summed E-state index contributed by atoms with van der Waals surface area (Å²) in [4.78, 5) is 72.2. The number of amides is 3. The summed E-state index contributed by atoms with van der Waals surface area (Å²) in [6.07, 6.45) is 8.54. The molecular formula is C37H37N5O8. The third-order valence-corrected chi connectivity index (χ3v) is 10.5. The fourth-order valence-electron chi connectivity index (χ4n) is 8.72. The van der Waals surface area contributed by atoms with E-state index >= 15 is 0 Å². The molecule has 7 N–H and O–H groups in total. The monoisotopic (exact) mass is 679 g/mol. The Morgan fingerprint density at radius 3 is 2.02 bits per heavy atom. The minimum absolute atomic E-state index is 0.00183. The first-order chi connectivity index (χ1) is 23.9. The standard InChI is InChI=1S/C37H37N5O8/c43-26-3-1-19(2-4-26)8-31(34(46)41-25-10-23(35(47)48)9-24(11-25)36(49)50)42-33(45)28-13-30-29(39-18-40-30)12-27(28)32(44)38-17-37-14-20-5-21(15-37)7-22(6-20)16-37/h1-4,9-13,18,20-22,31,43H,5-8,14-17H2,(H,38,44)(H,39,40)(H,41,46)(H,42,45)(H,47,48)(H,49,50)/t20?,21?,22?,31-,37?/m0/s1. The Morgan fingerprint density at radius 2 is 1.42 bits per heavy atom. The van der Waals surface area contributed by atoms with Crippen molar-refractivity contribution in [2.45, 2.75) is 51.0 Å². The summed E-state index contributed by atoms with van der Waals surface area (Å²) in [5.41, 5.74) is 0.977. The van der Waals surface area contributed by atoms with E-state index in [2.05, 4.69) is 25.9 Å². The zero-order valence-electron chi connectivity index (χ0n) is 27.1. The Morgan fingerprint density at radius 1 is 0.820 bits per heavy atom. The molecule has 258 valence electrons. The summed E-state index contributed by atoms with van der Waals surface area (Å²) in [7, 11) is 0. The molecule has 0 spiro atoms. The highest BCUT2D eigenvalue weighted by atomic mass is 16.4. The van der Waals surface area contributed by atoms with Crippen molar-refractivity contribution >= 4 is 46.4 Å². The number of aromatic carboxylic acids is 2. The van der Waals surface area contributed by atoms with Crippen LogP contribution in [0.4, 0.5) is 5.69 Å². The minimum Gasteiger partial charge on any atom is -0.508 e. The number of carboxylic acid groups (broad SMARTS) is 2. The van der Waals surface area contributed by atoms with Crippen LogP contribution in [0.3, 0.4) is 0 Å². The number of nitrogens with zero attached hydrogens (tertiary/aromatic N) is 1. The molecule has 1 aromatic heterocycles. The lowest BCUT2D eigenvalue weighted by Gasteiger charge is -2.56.